The van der Waals surface area contributed by atoms with E-state index in [0.29, 0.717) is 29.3 Å². The molecule has 1 fully saturated rings. The number of nitrogens with one attached hydrogen (secondary N) is 1. The van der Waals surface area contributed by atoms with Crippen molar-refractivity contribution in [3.63, 3.8) is 0 Å². The molecule has 1 aliphatic rings. The van der Waals surface area contributed by atoms with E-state index in [1.165, 1.54) is 31.0 Å². The molecule has 0 atom stereocenters. The van der Waals surface area contributed by atoms with Crippen molar-refractivity contribution in [3.8, 4) is 17.2 Å². The summed E-state index contributed by atoms with van der Waals surface area (Å²) in [5.41, 5.74) is 0.847. The molecule has 1 amide bonds. The maximum Gasteiger partial charge on any atom is 0.257 e. The first-order valence-electron chi connectivity index (χ1n) is 8.59. The number of hydrogen-bond acceptors (Lipinski definition) is 6. The van der Waals surface area contributed by atoms with Crippen LogP contribution >= 0.6 is 11.8 Å². The molecule has 1 aliphatic carbocycles. The zero-order valence-electron chi connectivity index (χ0n) is 14.4. The van der Waals surface area contributed by atoms with Crippen molar-refractivity contribution in [1.29, 1.82) is 0 Å². The van der Waals surface area contributed by atoms with Gasteiger partial charge in [-0.15, -0.1) is 11.8 Å². The molecule has 0 unspecified atom stereocenters. The van der Waals surface area contributed by atoms with Gasteiger partial charge in [0, 0.05) is 11.6 Å². The fourth-order valence-corrected chi connectivity index (χ4v) is 3.59. The largest absolute Gasteiger partial charge is 0.497 e. The van der Waals surface area contributed by atoms with Gasteiger partial charge in [0.05, 0.1) is 18.6 Å². The first-order valence-corrected chi connectivity index (χ1v) is 9.74. The van der Waals surface area contributed by atoms with Crippen LogP contribution in [0.5, 0.6) is 5.75 Å². The Kier molecular flexibility index (Phi) is 6.33. The van der Waals surface area contributed by atoms with Gasteiger partial charge in [-0.05, 0) is 37.1 Å². The third-order valence-corrected chi connectivity index (χ3v) is 5.17. The van der Waals surface area contributed by atoms with Crippen LogP contribution in [-0.2, 0) is 10.5 Å². The van der Waals surface area contributed by atoms with Crippen LogP contribution in [0.3, 0.4) is 0 Å². The number of hydrogen-bond donors (Lipinski definition) is 1. The number of rotatable bonds is 7. The Balaban J connectivity index is 1.44. The smallest absolute Gasteiger partial charge is 0.257 e. The fraction of sp³-hybridized carbons (Fsp3) is 0.500. The van der Waals surface area contributed by atoms with E-state index < -0.39 is 0 Å². The Bertz CT molecular complexity index is 681. The molecule has 1 aromatic heterocycles. The van der Waals surface area contributed by atoms with Gasteiger partial charge < -0.3 is 14.6 Å². The summed E-state index contributed by atoms with van der Waals surface area (Å²) in [6, 6.07) is 7.81. The van der Waals surface area contributed by atoms with Gasteiger partial charge in [-0.2, -0.15) is 4.98 Å². The van der Waals surface area contributed by atoms with Gasteiger partial charge >= 0.3 is 0 Å². The number of carbonyl (C=O) groups is 1. The van der Waals surface area contributed by atoms with Gasteiger partial charge in [-0.1, -0.05) is 24.4 Å². The average molecular weight is 361 g/mol. The highest BCUT2D eigenvalue weighted by Gasteiger charge is 2.16. The number of ether oxygens (including phenoxy) is 1. The van der Waals surface area contributed by atoms with Gasteiger partial charge in [0.25, 0.3) is 5.89 Å². The van der Waals surface area contributed by atoms with E-state index in [9.17, 15) is 4.79 Å². The molecule has 2 aromatic rings. The van der Waals surface area contributed by atoms with Crippen molar-refractivity contribution in [3.05, 3.63) is 30.1 Å². The van der Waals surface area contributed by atoms with E-state index >= 15 is 0 Å². The van der Waals surface area contributed by atoms with Crippen LogP contribution in [0.1, 0.15) is 37.9 Å². The predicted octanol–water partition coefficient (Wildman–Crippen LogP) is 3.43. The molecule has 0 bridgehead atoms. The molecule has 1 heterocycles. The highest BCUT2D eigenvalue weighted by molar-refractivity contribution is 7.99. The van der Waals surface area contributed by atoms with Crippen molar-refractivity contribution >= 4 is 17.7 Å². The Morgan fingerprint density at radius 1 is 1.28 bits per heavy atom. The van der Waals surface area contributed by atoms with Crippen LogP contribution in [0.4, 0.5) is 0 Å². The molecule has 3 rings (SSSR count). The molecule has 0 radical (unpaired) electrons. The molecule has 6 nitrogen and oxygen atoms in total. The number of thioether (sulfide) groups is 1. The summed E-state index contributed by atoms with van der Waals surface area (Å²) >= 11 is 1.50. The lowest BCUT2D eigenvalue weighted by Crippen LogP contribution is -2.37. The molecule has 0 saturated heterocycles. The normalized spacial score (nSPS) is 15.1. The average Bonchev–Trinajstić information content (AvgIpc) is 3.11. The van der Waals surface area contributed by atoms with E-state index in [-0.39, 0.29) is 5.91 Å². The van der Waals surface area contributed by atoms with Crippen LogP contribution in [0.15, 0.2) is 28.8 Å². The second kappa shape index (κ2) is 8.89. The fourth-order valence-electron chi connectivity index (χ4n) is 2.91. The minimum absolute atomic E-state index is 0.0933. The third kappa shape index (κ3) is 5.22. The topological polar surface area (TPSA) is 77.2 Å². The standard InChI is InChI=1S/C18H23N3O3S/c1-23-15-9-7-13(8-10-15)18-20-16(21-24-18)11-25-12-17(22)19-14-5-3-2-4-6-14/h7-10,14H,2-6,11-12H2,1H3,(H,19,22). The quantitative estimate of drug-likeness (QED) is 0.814. The molecule has 0 aliphatic heterocycles. The first kappa shape index (κ1) is 17.8. The van der Waals surface area contributed by atoms with Crippen LogP contribution in [0, 0.1) is 0 Å². The molecular weight excluding hydrogens is 338 g/mol. The number of aromatic nitrogens is 2. The van der Waals surface area contributed by atoms with Gasteiger partial charge in [0.15, 0.2) is 5.82 Å². The summed E-state index contributed by atoms with van der Waals surface area (Å²) in [5, 5.41) is 7.09. The van der Waals surface area contributed by atoms with Crippen molar-refractivity contribution in [1.82, 2.24) is 15.5 Å². The van der Waals surface area contributed by atoms with E-state index in [1.54, 1.807) is 7.11 Å². The van der Waals surface area contributed by atoms with Crippen molar-refractivity contribution in [2.45, 2.75) is 43.9 Å². The summed E-state index contributed by atoms with van der Waals surface area (Å²) in [6.07, 6.45) is 5.93. The summed E-state index contributed by atoms with van der Waals surface area (Å²) in [6.45, 7) is 0. The summed E-state index contributed by atoms with van der Waals surface area (Å²) < 4.78 is 10.4. The number of carbonyl (C=O) groups excluding carboxylic acids is 1. The maximum atomic E-state index is 12.0. The lowest BCUT2D eigenvalue weighted by atomic mass is 9.95. The number of methoxy groups -OCH3 is 1. The highest BCUT2D eigenvalue weighted by Crippen LogP contribution is 2.22. The SMILES string of the molecule is COc1ccc(-c2nc(CSCC(=O)NC3CCCCC3)no2)cc1. The second-order valence-corrected chi connectivity index (χ2v) is 7.13. The molecular formula is C18H23N3O3S. The van der Waals surface area contributed by atoms with E-state index in [1.807, 2.05) is 24.3 Å². The van der Waals surface area contributed by atoms with Gasteiger partial charge in [-0.3, -0.25) is 4.79 Å². The van der Waals surface area contributed by atoms with Crippen molar-refractivity contribution in [2.24, 2.45) is 0 Å². The lowest BCUT2D eigenvalue weighted by molar-refractivity contribution is -0.119. The number of amides is 1. The molecule has 1 N–H and O–H groups in total. The van der Waals surface area contributed by atoms with E-state index in [0.717, 1.165) is 24.2 Å². The number of benzene rings is 1. The zero-order valence-corrected chi connectivity index (χ0v) is 15.2. The van der Waals surface area contributed by atoms with Crippen LogP contribution < -0.4 is 10.1 Å². The number of nitrogens with zero attached hydrogens (tertiary/aromatic N) is 2. The maximum absolute atomic E-state index is 12.0. The van der Waals surface area contributed by atoms with E-state index in [4.69, 9.17) is 9.26 Å². The van der Waals surface area contributed by atoms with Crippen molar-refractivity contribution < 1.29 is 14.1 Å². The second-order valence-electron chi connectivity index (χ2n) is 6.14. The van der Waals surface area contributed by atoms with Crippen LogP contribution in [0.25, 0.3) is 11.5 Å². The Labute approximate surface area is 151 Å². The molecule has 7 heteroatoms. The third-order valence-electron chi connectivity index (χ3n) is 4.24. The summed E-state index contributed by atoms with van der Waals surface area (Å²) in [5.74, 6) is 2.92. The summed E-state index contributed by atoms with van der Waals surface area (Å²) in [7, 11) is 1.63. The van der Waals surface area contributed by atoms with Gasteiger partial charge in [0.2, 0.25) is 5.91 Å². The van der Waals surface area contributed by atoms with E-state index in [2.05, 4.69) is 15.5 Å². The molecule has 25 heavy (non-hydrogen) atoms. The monoisotopic (exact) mass is 361 g/mol. The molecule has 134 valence electrons. The minimum atomic E-state index is 0.0933. The highest BCUT2D eigenvalue weighted by atomic mass is 32.2. The van der Waals surface area contributed by atoms with Gasteiger partial charge in [0.1, 0.15) is 5.75 Å². The molecule has 0 spiro atoms. The van der Waals surface area contributed by atoms with Crippen LogP contribution in [0.2, 0.25) is 0 Å². The Morgan fingerprint density at radius 3 is 2.76 bits per heavy atom. The zero-order chi connectivity index (χ0) is 17.5. The minimum Gasteiger partial charge on any atom is -0.497 e. The predicted molar refractivity (Wildman–Crippen MR) is 97.5 cm³/mol. The first-order chi connectivity index (χ1) is 12.2. The molecule has 1 saturated carbocycles. The van der Waals surface area contributed by atoms with Crippen molar-refractivity contribution in [2.75, 3.05) is 12.9 Å². The summed E-state index contributed by atoms with van der Waals surface area (Å²) in [4.78, 5) is 16.4. The van der Waals surface area contributed by atoms with Gasteiger partial charge in [-0.25, -0.2) is 0 Å². The lowest BCUT2D eigenvalue weighted by Gasteiger charge is -2.22. The Hall–Kier alpha value is -2.02. The Morgan fingerprint density at radius 2 is 2.04 bits per heavy atom. The van der Waals surface area contributed by atoms with Crippen LogP contribution in [-0.4, -0.2) is 35.0 Å². The molecule has 1 aromatic carbocycles.